The second kappa shape index (κ2) is 8.71. The van der Waals surface area contributed by atoms with E-state index in [-0.39, 0.29) is 37.1 Å². The molecule has 1 atom stereocenters. The molecule has 0 saturated heterocycles. The Kier molecular flexibility index (Phi) is 6.64. The molecule has 1 unspecified atom stereocenters. The number of hydrogen-bond acceptors (Lipinski definition) is 6. The Morgan fingerprint density at radius 1 is 1.04 bits per heavy atom. The molecule has 5 N–H and O–H groups in total. The van der Waals surface area contributed by atoms with Crippen LogP contribution in [0, 0.1) is 0 Å². The van der Waals surface area contributed by atoms with Gasteiger partial charge in [-0.05, 0) is 41.7 Å². The van der Waals surface area contributed by atoms with Crippen LogP contribution in [0.15, 0.2) is 30.3 Å². The number of phenols is 3. The number of rotatable bonds is 8. The highest BCUT2D eigenvalue weighted by molar-refractivity contribution is 5.77. The maximum Gasteiger partial charge on any atom is 0.127 e. The van der Waals surface area contributed by atoms with E-state index in [0.717, 1.165) is 5.56 Å². The summed E-state index contributed by atoms with van der Waals surface area (Å²) in [5.41, 5.74) is 2.60. The van der Waals surface area contributed by atoms with Gasteiger partial charge in [-0.15, -0.1) is 0 Å². The summed E-state index contributed by atoms with van der Waals surface area (Å²) in [7, 11) is 0. The lowest BCUT2D eigenvalue weighted by Crippen LogP contribution is -2.20. The molecule has 0 aromatic heterocycles. The molecule has 6 heteroatoms. The van der Waals surface area contributed by atoms with E-state index in [1.54, 1.807) is 24.3 Å². The van der Waals surface area contributed by atoms with Crippen LogP contribution in [0.1, 0.15) is 18.1 Å². The minimum absolute atomic E-state index is 0.00418. The highest BCUT2D eigenvalue weighted by Gasteiger charge is 2.18. The summed E-state index contributed by atoms with van der Waals surface area (Å²) in [5, 5.41) is 48.4. The molecule has 136 valence electrons. The molecular formula is C19H24O6. The Balaban J connectivity index is 2.37. The fraction of sp³-hybridized carbons (Fsp3) is 0.368. The molecule has 0 fully saturated rings. The van der Waals surface area contributed by atoms with Gasteiger partial charge >= 0.3 is 0 Å². The van der Waals surface area contributed by atoms with E-state index in [9.17, 15) is 20.4 Å². The van der Waals surface area contributed by atoms with Crippen LogP contribution in [0.3, 0.4) is 0 Å². The lowest BCUT2D eigenvalue weighted by molar-refractivity contribution is 0.00720. The molecule has 0 aliphatic rings. The molecule has 2 aromatic carbocycles. The third-order valence-electron chi connectivity index (χ3n) is 4.01. The summed E-state index contributed by atoms with van der Waals surface area (Å²) < 4.78 is 5.36. The summed E-state index contributed by atoms with van der Waals surface area (Å²) in [6.07, 6.45) is 0.0228. The molecule has 0 aliphatic carbocycles. The summed E-state index contributed by atoms with van der Waals surface area (Å²) in [6.45, 7) is 1.78. The Labute approximate surface area is 146 Å². The van der Waals surface area contributed by atoms with Crippen LogP contribution < -0.4 is 0 Å². The summed E-state index contributed by atoms with van der Waals surface area (Å²) in [4.78, 5) is 0. The molecular weight excluding hydrogens is 324 g/mol. The quantitative estimate of drug-likeness (QED) is 0.466. The lowest BCUT2D eigenvalue weighted by atomic mass is 9.90. The fourth-order valence-corrected chi connectivity index (χ4v) is 2.85. The smallest absolute Gasteiger partial charge is 0.127 e. The molecule has 0 spiro atoms. The standard InChI is InChI=1S/C19H24O6/c1-2-15-16(6-7-25-11-14(22)10-20)19(18(24)9-17(15)23)12-4-3-5-13(21)8-12/h3-5,8-9,14,20-24H,2,6-7,10-11H2,1H3. The van der Waals surface area contributed by atoms with Crippen LogP contribution in [0.25, 0.3) is 11.1 Å². The second-order valence-corrected chi connectivity index (χ2v) is 5.81. The third-order valence-corrected chi connectivity index (χ3v) is 4.01. The average molecular weight is 348 g/mol. The summed E-state index contributed by atoms with van der Waals surface area (Å²) in [5.74, 6) is 0.0104. The molecule has 2 aromatic rings. The average Bonchev–Trinajstić information content (AvgIpc) is 2.58. The minimum atomic E-state index is -0.936. The zero-order valence-electron chi connectivity index (χ0n) is 14.1. The van der Waals surface area contributed by atoms with Crippen LogP contribution in [-0.2, 0) is 17.6 Å². The maximum atomic E-state index is 10.4. The molecule has 2 rings (SSSR count). The predicted molar refractivity (Wildman–Crippen MR) is 93.9 cm³/mol. The first-order chi connectivity index (χ1) is 12.0. The zero-order chi connectivity index (χ0) is 18.4. The van der Waals surface area contributed by atoms with Gasteiger partial charge in [-0.1, -0.05) is 19.1 Å². The second-order valence-electron chi connectivity index (χ2n) is 5.81. The van der Waals surface area contributed by atoms with E-state index < -0.39 is 6.10 Å². The molecule has 0 saturated carbocycles. The Hall–Kier alpha value is -2.28. The maximum absolute atomic E-state index is 10.4. The number of aromatic hydroxyl groups is 3. The van der Waals surface area contributed by atoms with Crippen LogP contribution in [0.5, 0.6) is 17.2 Å². The van der Waals surface area contributed by atoms with Gasteiger partial charge in [-0.2, -0.15) is 0 Å². The minimum Gasteiger partial charge on any atom is -0.508 e. The number of ether oxygens (including phenoxy) is 1. The Morgan fingerprint density at radius 2 is 1.80 bits per heavy atom. The van der Waals surface area contributed by atoms with Crippen molar-refractivity contribution in [3.8, 4) is 28.4 Å². The van der Waals surface area contributed by atoms with Gasteiger partial charge in [0.25, 0.3) is 0 Å². The van der Waals surface area contributed by atoms with Crippen molar-refractivity contribution in [1.29, 1.82) is 0 Å². The van der Waals surface area contributed by atoms with Crippen LogP contribution >= 0.6 is 0 Å². The van der Waals surface area contributed by atoms with E-state index in [1.807, 2.05) is 6.92 Å². The van der Waals surface area contributed by atoms with E-state index in [2.05, 4.69) is 0 Å². The molecule has 25 heavy (non-hydrogen) atoms. The van der Waals surface area contributed by atoms with Crippen molar-refractivity contribution in [1.82, 2.24) is 0 Å². The highest BCUT2D eigenvalue weighted by Crippen LogP contribution is 2.40. The van der Waals surface area contributed by atoms with Gasteiger partial charge in [-0.25, -0.2) is 0 Å². The largest absolute Gasteiger partial charge is 0.508 e. The zero-order valence-corrected chi connectivity index (χ0v) is 14.1. The first-order valence-electron chi connectivity index (χ1n) is 8.20. The van der Waals surface area contributed by atoms with E-state index in [4.69, 9.17) is 9.84 Å². The van der Waals surface area contributed by atoms with Gasteiger partial charge in [-0.3, -0.25) is 0 Å². The number of benzene rings is 2. The van der Waals surface area contributed by atoms with Crippen molar-refractivity contribution in [2.75, 3.05) is 19.8 Å². The summed E-state index contributed by atoms with van der Waals surface area (Å²) in [6, 6.07) is 7.84. The molecule has 0 radical (unpaired) electrons. The van der Waals surface area contributed by atoms with Crippen molar-refractivity contribution < 1.29 is 30.3 Å². The SMILES string of the molecule is CCc1c(O)cc(O)c(-c2cccc(O)c2)c1CCOCC(O)CO. The molecule has 0 aliphatic heterocycles. The first kappa shape index (κ1) is 19.1. The van der Waals surface area contributed by atoms with Gasteiger partial charge in [0.1, 0.15) is 23.4 Å². The van der Waals surface area contributed by atoms with Crippen molar-refractivity contribution in [3.63, 3.8) is 0 Å². The van der Waals surface area contributed by atoms with Crippen LogP contribution in [0.4, 0.5) is 0 Å². The number of aliphatic hydroxyl groups is 2. The van der Waals surface area contributed by atoms with Crippen molar-refractivity contribution in [3.05, 3.63) is 41.5 Å². The molecule has 0 bridgehead atoms. The number of aliphatic hydroxyl groups excluding tert-OH is 2. The van der Waals surface area contributed by atoms with Crippen molar-refractivity contribution in [2.24, 2.45) is 0 Å². The lowest BCUT2D eigenvalue weighted by Gasteiger charge is -2.18. The molecule has 6 nitrogen and oxygen atoms in total. The van der Waals surface area contributed by atoms with Gasteiger partial charge in [0.15, 0.2) is 0 Å². The predicted octanol–water partition coefficient (Wildman–Crippen LogP) is 1.95. The van der Waals surface area contributed by atoms with Crippen LogP contribution in [-0.4, -0.2) is 51.5 Å². The van der Waals surface area contributed by atoms with Crippen molar-refractivity contribution >= 4 is 0 Å². The molecule has 0 heterocycles. The number of hydrogen-bond donors (Lipinski definition) is 5. The molecule has 0 amide bonds. The van der Waals surface area contributed by atoms with Gasteiger partial charge < -0.3 is 30.3 Å². The van der Waals surface area contributed by atoms with Crippen molar-refractivity contribution in [2.45, 2.75) is 25.9 Å². The van der Waals surface area contributed by atoms with Crippen LogP contribution in [0.2, 0.25) is 0 Å². The van der Waals surface area contributed by atoms with E-state index >= 15 is 0 Å². The number of phenolic OH excluding ortho intramolecular Hbond substituents is 3. The Morgan fingerprint density at radius 3 is 2.44 bits per heavy atom. The van der Waals surface area contributed by atoms with Gasteiger partial charge in [0.2, 0.25) is 0 Å². The summed E-state index contributed by atoms with van der Waals surface area (Å²) >= 11 is 0. The van der Waals surface area contributed by atoms with Gasteiger partial charge in [0, 0.05) is 11.6 Å². The first-order valence-corrected chi connectivity index (χ1v) is 8.20. The van der Waals surface area contributed by atoms with Gasteiger partial charge in [0.05, 0.1) is 19.8 Å². The van der Waals surface area contributed by atoms with E-state index in [1.165, 1.54) is 6.07 Å². The fourth-order valence-electron chi connectivity index (χ4n) is 2.85. The topological polar surface area (TPSA) is 110 Å². The Bertz CT molecular complexity index is 713. The normalized spacial score (nSPS) is 12.3. The third kappa shape index (κ3) is 4.63. The monoisotopic (exact) mass is 348 g/mol. The highest BCUT2D eigenvalue weighted by atomic mass is 16.5. The van der Waals surface area contributed by atoms with E-state index in [0.29, 0.717) is 29.5 Å².